The van der Waals surface area contributed by atoms with Crippen LogP contribution in [0.2, 0.25) is 0 Å². The molecular formula is C24H25FN2O3. The minimum Gasteiger partial charge on any atom is -0.496 e. The lowest BCUT2D eigenvalue weighted by Crippen LogP contribution is -2.70. The molecule has 2 aromatic rings. The van der Waals surface area contributed by atoms with Crippen LogP contribution >= 0.6 is 0 Å². The van der Waals surface area contributed by atoms with E-state index < -0.39 is 11.4 Å². The van der Waals surface area contributed by atoms with Gasteiger partial charge in [-0.15, -0.1) is 0 Å². The fraction of sp³-hybridized carbons (Fsp3) is 0.333. The van der Waals surface area contributed by atoms with Gasteiger partial charge in [0.1, 0.15) is 11.6 Å². The van der Waals surface area contributed by atoms with Gasteiger partial charge in [-0.05, 0) is 49.2 Å². The van der Waals surface area contributed by atoms with Crippen LogP contribution in [0.4, 0.5) is 10.1 Å². The Kier molecular flexibility index (Phi) is 5.57. The fourth-order valence-electron chi connectivity index (χ4n) is 4.29. The SMILES string of the molecule is COc1ccccc1C=CC1(C(=O)NC2CCCC2)CC(=O)N1c1ccc(F)cc1. The highest BCUT2D eigenvalue weighted by Crippen LogP contribution is 2.40. The van der Waals surface area contributed by atoms with E-state index in [1.54, 1.807) is 13.2 Å². The first-order valence-electron chi connectivity index (χ1n) is 10.3. The van der Waals surface area contributed by atoms with Crippen LogP contribution < -0.4 is 15.0 Å². The number of ether oxygens (including phenoxy) is 1. The lowest BCUT2D eigenvalue weighted by Gasteiger charge is -2.49. The Hall–Kier alpha value is -3.15. The molecule has 0 spiro atoms. The molecule has 2 aromatic carbocycles. The molecule has 0 radical (unpaired) electrons. The molecule has 1 unspecified atom stereocenters. The van der Waals surface area contributed by atoms with Crippen molar-refractivity contribution in [2.24, 2.45) is 0 Å². The van der Waals surface area contributed by atoms with Gasteiger partial charge < -0.3 is 10.1 Å². The number of rotatable bonds is 6. The summed E-state index contributed by atoms with van der Waals surface area (Å²) in [7, 11) is 1.59. The zero-order chi connectivity index (χ0) is 21.1. The van der Waals surface area contributed by atoms with Crippen LogP contribution in [0, 0.1) is 5.82 Å². The maximum atomic E-state index is 13.4. The molecule has 2 aliphatic rings. The van der Waals surface area contributed by atoms with Crippen LogP contribution in [0.5, 0.6) is 5.75 Å². The standard InChI is InChI=1S/C24H25FN2O3/c1-30-21-9-5-2-6-17(21)14-15-24(23(29)26-19-7-3-4-8-19)16-22(28)27(24)20-12-10-18(25)11-13-20/h2,5-6,9-15,19H,3-4,7-8,16H2,1H3,(H,26,29). The molecule has 1 heterocycles. The van der Waals surface area contributed by atoms with Crippen molar-refractivity contribution in [3.8, 4) is 5.75 Å². The number of carbonyl (C=O) groups excluding carboxylic acids is 2. The normalized spacial score (nSPS) is 21.7. The summed E-state index contributed by atoms with van der Waals surface area (Å²) in [4.78, 5) is 27.5. The smallest absolute Gasteiger partial charge is 0.251 e. The predicted molar refractivity (Wildman–Crippen MR) is 114 cm³/mol. The zero-order valence-corrected chi connectivity index (χ0v) is 16.9. The number of para-hydroxylation sites is 1. The minimum absolute atomic E-state index is 0.0641. The van der Waals surface area contributed by atoms with Crippen LogP contribution in [0.15, 0.2) is 54.6 Å². The number of nitrogens with one attached hydrogen (secondary N) is 1. The third-order valence-electron chi connectivity index (χ3n) is 5.92. The Bertz CT molecular complexity index is 967. The summed E-state index contributed by atoms with van der Waals surface area (Å²) in [6, 6.07) is 13.3. The molecule has 1 aliphatic carbocycles. The van der Waals surface area contributed by atoms with E-state index in [0.29, 0.717) is 11.4 Å². The molecule has 1 saturated heterocycles. The molecule has 5 nitrogen and oxygen atoms in total. The highest BCUT2D eigenvalue weighted by molar-refractivity contribution is 6.15. The van der Waals surface area contributed by atoms with Gasteiger partial charge in [-0.3, -0.25) is 14.5 Å². The van der Waals surface area contributed by atoms with E-state index in [1.165, 1.54) is 29.2 Å². The van der Waals surface area contributed by atoms with E-state index in [9.17, 15) is 14.0 Å². The quantitative estimate of drug-likeness (QED) is 0.733. The summed E-state index contributed by atoms with van der Waals surface area (Å²) in [5.41, 5.74) is 0.156. The number of methoxy groups -OCH3 is 1. The number of hydrogen-bond acceptors (Lipinski definition) is 3. The van der Waals surface area contributed by atoms with Crippen LogP contribution in [-0.4, -0.2) is 30.5 Å². The van der Waals surface area contributed by atoms with Crippen LogP contribution in [0.1, 0.15) is 37.7 Å². The second-order valence-electron chi connectivity index (χ2n) is 7.84. The molecule has 2 fully saturated rings. The summed E-state index contributed by atoms with van der Waals surface area (Å²) < 4.78 is 18.8. The number of β-lactam (4-membered cyclic amide) rings is 1. The minimum atomic E-state index is -1.15. The van der Waals surface area contributed by atoms with Gasteiger partial charge in [0.05, 0.1) is 13.5 Å². The Morgan fingerprint density at radius 1 is 1.17 bits per heavy atom. The second-order valence-corrected chi connectivity index (χ2v) is 7.84. The molecule has 30 heavy (non-hydrogen) atoms. The topological polar surface area (TPSA) is 58.6 Å². The van der Waals surface area contributed by atoms with Gasteiger partial charge in [0.2, 0.25) is 5.91 Å². The van der Waals surface area contributed by atoms with Crippen molar-refractivity contribution in [3.05, 3.63) is 66.0 Å². The number of nitrogens with zero attached hydrogens (tertiary/aromatic N) is 1. The molecule has 2 amide bonds. The number of carbonyl (C=O) groups is 2. The number of benzene rings is 2. The van der Waals surface area contributed by atoms with Crippen molar-refractivity contribution in [2.45, 2.75) is 43.7 Å². The maximum absolute atomic E-state index is 13.4. The van der Waals surface area contributed by atoms with Gasteiger partial charge in [-0.25, -0.2) is 4.39 Å². The Labute approximate surface area is 175 Å². The van der Waals surface area contributed by atoms with E-state index >= 15 is 0 Å². The Balaban J connectivity index is 1.70. The first kappa shape index (κ1) is 20.1. The summed E-state index contributed by atoms with van der Waals surface area (Å²) in [6.45, 7) is 0. The van der Waals surface area contributed by atoms with Gasteiger partial charge in [-0.2, -0.15) is 0 Å². The lowest BCUT2D eigenvalue weighted by molar-refractivity contribution is -0.137. The van der Waals surface area contributed by atoms with Gasteiger partial charge in [0, 0.05) is 17.3 Å². The van der Waals surface area contributed by atoms with Gasteiger partial charge in [-0.1, -0.05) is 37.1 Å². The molecule has 6 heteroatoms. The summed E-state index contributed by atoms with van der Waals surface area (Å²) in [5, 5.41) is 3.13. The monoisotopic (exact) mass is 408 g/mol. The first-order valence-corrected chi connectivity index (χ1v) is 10.3. The van der Waals surface area contributed by atoms with Crippen molar-refractivity contribution < 1.29 is 18.7 Å². The fourth-order valence-corrected chi connectivity index (χ4v) is 4.29. The molecule has 4 rings (SSSR count). The van der Waals surface area contributed by atoms with Crippen LogP contribution in [-0.2, 0) is 9.59 Å². The van der Waals surface area contributed by atoms with Crippen molar-refractivity contribution in [1.82, 2.24) is 5.32 Å². The molecule has 1 N–H and O–H groups in total. The number of halogens is 1. The van der Waals surface area contributed by atoms with Crippen LogP contribution in [0.25, 0.3) is 6.08 Å². The van der Waals surface area contributed by atoms with Crippen LogP contribution in [0.3, 0.4) is 0 Å². The van der Waals surface area contributed by atoms with E-state index in [2.05, 4.69) is 5.32 Å². The maximum Gasteiger partial charge on any atom is 0.251 e. The number of anilines is 1. The number of amides is 2. The molecule has 1 atom stereocenters. The van der Waals surface area contributed by atoms with Crippen molar-refractivity contribution in [3.63, 3.8) is 0 Å². The Morgan fingerprint density at radius 3 is 2.53 bits per heavy atom. The van der Waals surface area contributed by atoms with E-state index in [-0.39, 0.29) is 24.3 Å². The molecule has 0 bridgehead atoms. The predicted octanol–water partition coefficient (Wildman–Crippen LogP) is 4.08. The van der Waals surface area contributed by atoms with E-state index in [0.717, 1.165) is 31.2 Å². The molecule has 1 aliphatic heterocycles. The largest absolute Gasteiger partial charge is 0.496 e. The average molecular weight is 408 g/mol. The summed E-state index contributed by atoms with van der Waals surface area (Å²) in [6.07, 6.45) is 7.72. The Morgan fingerprint density at radius 2 is 1.87 bits per heavy atom. The third-order valence-corrected chi connectivity index (χ3v) is 5.92. The van der Waals surface area contributed by atoms with Crippen molar-refractivity contribution in [2.75, 3.05) is 12.0 Å². The zero-order valence-electron chi connectivity index (χ0n) is 16.9. The highest BCUT2D eigenvalue weighted by Gasteiger charge is 2.56. The van der Waals surface area contributed by atoms with Crippen molar-refractivity contribution in [1.29, 1.82) is 0 Å². The molecule has 1 saturated carbocycles. The third kappa shape index (κ3) is 3.70. The summed E-state index contributed by atoms with van der Waals surface area (Å²) in [5.74, 6) is -0.0892. The highest BCUT2D eigenvalue weighted by atomic mass is 19.1. The van der Waals surface area contributed by atoms with Gasteiger partial charge in [0.15, 0.2) is 5.54 Å². The molecule has 0 aromatic heterocycles. The molecule has 156 valence electrons. The first-order chi connectivity index (χ1) is 14.5. The average Bonchev–Trinajstić information content (AvgIpc) is 3.25. The summed E-state index contributed by atoms with van der Waals surface area (Å²) >= 11 is 0. The second kappa shape index (κ2) is 8.30. The molecular weight excluding hydrogens is 383 g/mol. The van der Waals surface area contributed by atoms with Gasteiger partial charge >= 0.3 is 0 Å². The number of hydrogen-bond donors (Lipinski definition) is 1. The van der Waals surface area contributed by atoms with Crippen molar-refractivity contribution >= 4 is 23.6 Å². The lowest BCUT2D eigenvalue weighted by atomic mass is 9.80. The van der Waals surface area contributed by atoms with E-state index in [4.69, 9.17) is 4.74 Å². The van der Waals surface area contributed by atoms with E-state index in [1.807, 2.05) is 30.3 Å². The van der Waals surface area contributed by atoms with Gasteiger partial charge in [0.25, 0.3) is 5.91 Å².